The Morgan fingerprint density at radius 1 is 0.906 bits per heavy atom. The molecule has 0 atom stereocenters. The molecule has 3 heteroatoms. The standard InChI is InChI=1S/C29H32N2O/c1-7-31-28-16-21(3)23(17-27(28)22(4)18-29(31,5)6)19-30-24-10-14-26(15-11-24)32-25-12-8-20(2)9-13-25/h8-19H,7H2,1-6H3. The van der Waals surface area contributed by atoms with Crippen LogP contribution >= 0.6 is 0 Å². The van der Waals surface area contributed by atoms with Crippen LogP contribution in [0.2, 0.25) is 0 Å². The Bertz CT molecular complexity index is 1170. The molecule has 1 aliphatic heterocycles. The number of rotatable bonds is 5. The summed E-state index contributed by atoms with van der Waals surface area (Å²) in [6.07, 6.45) is 4.33. The van der Waals surface area contributed by atoms with E-state index in [0.717, 1.165) is 29.3 Å². The average Bonchev–Trinajstić information content (AvgIpc) is 2.75. The third-order valence-electron chi connectivity index (χ3n) is 6.13. The van der Waals surface area contributed by atoms with Crippen LogP contribution in [0.25, 0.3) is 5.57 Å². The van der Waals surface area contributed by atoms with E-state index < -0.39 is 0 Å². The molecule has 0 saturated heterocycles. The Morgan fingerprint density at radius 2 is 1.53 bits per heavy atom. The summed E-state index contributed by atoms with van der Waals surface area (Å²) < 4.78 is 5.92. The highest BCUT2D eigenvalue weighted by atomic mass is 16.5. The predicted molar refractivity (Wildman–Crippen MR) is 137 cm³/mol. The van der Waals surface area contributed by atoms with Crippen LogP contribution in [0.4, 0.5) is 11.4 Å². The summed E-state index contributed by atoms with van der Waals surface area (Å²) in [5.41, 5.74) is 8.45. The molecule has 3 aromatic carbocycles. The summed E-state index contributed by atoms with van der Waals surface area (Å²) in [7, 11) is 0. The maximum absolute atomic E-state index is 5.92. The summed E-state index contributed by atoms with van der Waals surface area (Å²) in [5.74, 6) is 1.64. The molecule has 0 aromatic heterocycles. The number of aryl methyl sites for hydroxylation is 2. The second kappa shape index (κ2) is 8.66. The molecule has 1 heterocycles. The molecule has 0 spiro atoms. The molecule has 164 valence electrons. The Balaban J connectivity index is 1.55. The smallest absolute Gasteiger partial charge is 0.127 e. The fourth-order valence-corrected chi connectivity index (χ4v) is 4.45. The Morgan fingerprint density at radius 3 is 2.16 bits per heavy atom. The van der Waals surface area contributed by atoms with Gasteiger partial charge in [0.15, 0.2) is 0 Å². The summed E-state index contributed by atoms with van der Waals surface area (Å²) in [5, 5.41) is 0. The van der Waals surface area contributed by atoms with Crippen LogP contribution in [0.3, 0.4) is 0 Å². The normalized spacial score (nSPS) is 14.9. The zero-order chi connectivity index (χ0) is 22.9. The van der Waals surface area contributed by atoms with E-state index in [1.54, 1.807) is 0 Å². The molecule has 4 rings (SSSR count). The van der Waals surface area contributed by atoms with Crippen molar-refractivity contribution in [1.82, 2.24) is 0 Å². The molecule has 3 aromatic rings. The highest BCUT2D eigenvalue weighted by Crippen LogP contribution is 2.40. The number of hydrogen-bond acceptors (Lipinski definition) is 3. The number of likely N-dealkylation sites (N-methyl/N-ethyl adjacent to an activating group) is 1. The quantitative estimate of drug-likeness (QED) is 0.389. The number of allylic oxidation sites excluding steroid dienone is 1. The van der Waals surface area contributed by atoms with E-state index in [9.17, 15) is 0 Å². The molecule has 0 unspecified atom stereocenters. The number of ether oxygens (including phenoxy) is 1. The second-order valence-corrected chi connectivity index (χ2v) is 9.12. The van der Waals surface area contributed by atoms with Gasteiger partial charge in [-0.05, 0) is 107 Å². The monoisotopic (exact) mass is 424 g/mol. The zero-order valence-electron chi connectivity index (χ0n) is 19.9. The van der Waals surface area contributed by atoms with Crippen molar-refractivity contribution in [2.75, 3.05) is 11.4 Å². The van der Waals surface area contributed by atoms with Gasteiger partial charge in [-0.1, -0.05) is 23.8 Å². The second-order valence-electron chi connectivity index (χ2n) is 9.12. The van der Waals surface area contributed by atoms with Gasteiger partial charge in [0.05, 0.1) is 11.2 Å². The van der Waals surface area contributed by atoms with Crippen molar-refractivity contribution in [1.29, 1.82) is 0 Å². The first-order valence-corrected chi connectivity index (χ1v) is 11.3. The van der Waals surface area contributed by atoms with Gasteiger partial charge in [-0.25, -0.2) is 0 Å². The van der Waals surface area contributed by atoms with E-state index >= 15 is 0 Å². The van der Waals surface area contributed by atoms with Crippen LogP contribution in [-0.4, -0.2) is 18.3 Å². The van der Waals surface area contributed by atoms with Crippen molar-refractivity contribution in [2.45, 2.75) is 47.1 Å². The molecule has 0 N–H and O–H groups in total. The van der Waals surface area contributed by atoms with Crippen LogP contribution in [0.15, 0.2) is 71.7 Å². The minimum absolute atomic E-state index is 0.0241. The number of aliphatic imine (C=N–C) groups is 1. The van der Waals surface area contributed by atoms with Crippen LogP contribution < -0.4 is 9.64 Å². The minimum Gasteiger partial charge on any atom is -0.457 e. The summed E-state index contributed by atoms with van der Waals surface area (Å²) >= 11 is 0. The number of anilines is 1. The predicted octanol–water partition coefficient (Wildman–Crippen LogP) is 7.87. The number of hydrogen-bond donors (Lipinski definition) is 0. The molecule has 0 bridgehead atoms. The van der Waals surface area contributed by atoms with Crippen molar-refractivity contribution in [3.63, 3.8) is 0 Å². The first-order chi connectivity index (χ1) is 15.3. The molecule has 0 radical (unpaired) electrons. The zero-order valence-corrected chi connectivity index (χ0v) is 19.9. The van der Waals surface area contributed by atoms with E-state index in [-0.39, 0.29) is 5.54 Å². The molecule has 32 heavy (non-hydrogen) atoms. The molecule has 0 aliphatic carbocycles. The van der Waals surface area contributed by atoms with E-state index in [0.29, 0.717) is 0 Å². The van der Waals surface area contributed by atoms with Gasteiger partial charge in [0.1, 0.15) is 11.5 Å². The highest BCUT2D eigenvalue weighted by Gasteiger charge is 2.30. The van der Waals surface area contributed by atoms with Gasteiger partial charge < -0.3 is 9.64 Å². The van der Waals surface area contributed by atoms with E-state index in [1.807, 2.05) is 54.7 Å². The lowest BCUT2D eigenvalue weighted by Gasteiger charge is -2.43. The molecular weight excluding hydrogens is 392 g/mol. The molecule has 0 fully saturated rings. The number of nitrogens with zero attached hydrogens (tertiary/aromatic N) is 2. The first kappa shape index (κ1) is 21.9. The first-order valence-electron chi connectivity index (χ1n) is 11.3. The SMILES string of the molecule is CCN1c2cc(C)c(C=Nc3ccc(Oc4ccc(C)cc4)cc3)cc2C(C)=CC1(C)C. The summed E-state index contributed by atoms with van der Waals surface area (Å²) in [6.45, 7) is 14.2. The Labute approximate surface area is 192 Å². The van der Waals surface area contributed by atoms with E-state index in [1.165, 1.54) is 28.0 Å². The molecule has 1 aliphatic rings. The van der Waals surface area contributed by atoms with Crippen LogP contribution in [0.5, 0.6) is 11.5 Å². The van der Waals surface area contributed by atoms with Gasteiger partial charge in [-0.3, -0.25) is 4.99 Å². The Hall–Kier alpha value is -3.33. The fraction of sp³-hybridized carbons (Fsp3) is 0.276. The average molecular weight is 425 g/mol. The lowest BCUT2D eigenvalue weighted by molar-refractivity contribution is 0.482. The molecule has 0 amide bonds. The largest absolute Gasteiger partial charge is 0.457 e. The van der Waals surface area contributed by atoms with Crippen LogP contribution in [0.1, 0.15) is 49.9 Å². The van der Waals surface area contributed by atoms with Gasteiger partial charge >= 0.3 is 0 Å². The lowest BCUT2D eigenvalue weighted by Crippen LogP contribution is -2.45. The van der Waals surface area contributed by atoms with E-state index in [4.69, 9.17) is 9.73 Å². The molecular formula is C29H32N2O. The maximum Gasteiger partial charge on any atom is 0.127 e. The highest BCUT2D eigenvalue weighted by molar-refractivity contribution is 5.90. The van der Waals surface area contributed by atoms with Crippen molar-refractivity contribution in [2.24, 2.45) is 4.99 Å². The number of fused-ring (bicyclic) bond motifs is 1. The maximum atomic E-state index is 5.92. The summed E-state index contributed by atoms with van der Waals surface area (Å²) in [4.78, 5) is 7.19. The van der Waals surface area contributed by atoms with Crippen LogP contribution in [-0.2, 0) is 0 Å². The minimum atomic E-state index is 0.0241. The molecule has 3 nitrogen and oxygen atoms in total. The number of benzene rings is 3. The fourth-order valence-electron chi connectivity index (χ4n) is 4.45. The van der Waals surface area contributed by atoms with Crippen molar-refractivity contribution in [3.05, 3.63) is 89.0 Å². The van der Waals surface area contributed by atoms with Crippen molar-refractivity contribution in [3.8, 4) is 11.5 Å². The molecule has 0 saturated carbocycles. The third kappa shape index (κ3) is 4.47. The van der Waals surface area contributed by atoms with Crippen molar-refractivity contribution < 1.29 is 4.74 Å². The van der Waals surface area contributed by atoms with Gasteiger partial charge in [-0.15, -0.1) is 0 Å². The third-order valence-corrected chi connectivity index (χ3v) is 6.13. The van der Waals surface area contributed by atoms with Crippen molar-refractivity contribution >= 4 is 23.2 Å². The summed E-state index contributed by atoms with van der Waals surface area (Å²) in [6, 6.07) is 20.5. The lowest BCUT2D eigenvalue weighted by atomic mass is 9.87. The van der Waals surface area contributed by atoms with Gasteiger partial charge in [0.25, 0.3) is 0 Å². The van der Waals surface area contributed by atoms with Gasteiger partial charge in [-0.2, -0.15) is 0 Å². The van der Waals surface area contributed by atoms with Crippen LogP contribution in [0, 0.1) is 13.8 Å². The van der Waals surface area contributed by atoms with E-state index in [2.05, 4.69) is 64.7 Å². The van der Waals surface area contributed by atoms with Gasteiger partial charge in [0.2, 0.25) is 0 Å². The van der Waals surface area contributed by atoms with Gasteiger partial charge in [0, 0.05) is 24.0 Å². The topological polar surface area (TPSA) is 24.8 Å². The Kier molecular flexibility index (Phi) is 5.92.